The molecule has 2 aromatic rings. The molecule has 1 saturated heterocycles. The molecule has 3 rings (SSSR count). The van der Waals surface area contributed by atoms with Crippen LogP contribution in [0.5, 0.6) is 0 Å². The smallest absolute Gasteiger partial charge is 0.280 e. The average molecular weight is 289 g/mol. The Bertz CT molecular complexity index is 736. The quantitative estimate of drug-likeness (QED) is 0.818. The van der Waals surface area contributed by atoms with Crippen LogP contribution in [0.2, 0.25) is 0 Å². The van der Waals surface area contributed by atoms with Crippen LogP contribution >= 0.6 is 0 Å². The first-order chi connectivity index (χ1) is 10.1. The highest BCUT2D eigenvalue weighted by atomic mass is 16.5. The summed E-state index contributed by atoms with van der Waals surface area (Å²) < 4.78 is 6.42. The highest BCUT2D eigenvalue weighted by Crippen LogP contribution is 2.13. The highest BCUT2D eigenvalue weighted by molar-refractivity contribution is 5.82. The van der Waals surface area contributed by atoms with Crippen molar-refractivity contribution in [1.82, 2.24) is 14.6 Å². The maximum Gasteiger partial charge on any atom is 0.280 e. The summed E-state index contributed by atoms with van der Waals surface area (Å²) in [5.74, 6) is 0.268. The number of hydrogen-bond donors (Lipinski definition) is 1. The van der Waals surface area contributed by atoms with Crippen LogP contribution in [0.25, 0.3) is 10.9 Å². The lowest BCUT2D eigenvalue weighted by atomic mass is 10.3. The largest absolute Gasteiger partial charge is 0.378 e. The van der Waals surface area contributed by atoms with Gasteiger partial charge in [-0.15, -0.1) is 0 Å². The van der Waals surface area contributed by atoms with Crippen LogP contribution in [0.4, 0.5) is 5.95 Å². The molecule has 3 heterocycles. The van der Waals surface area contributed by atoms with E-state index < -0.39 is 0 Å². The van der Waals surface area contributed by atoms with Crippen molar-refractivity contribution in [3.05, 3.63) is 28.8 Å². The summed E-state index contributed by atoms with van der Waals surface area (Å²) in [6.07, 6.45) is 2.98. The highest BCUT2D eigenvalue weighted by Gasteiger charge is 2.15. The monoisotopic (exact) mass is 289 g/mol. The van der Waals surface area contributed by atoms with Gasteiger partial charge in [-0.05, 0) is 6.07 Å². The number of rotatable bonds is 2. The van der Waals surface area contributed by atoms with Gasteiger partial charge < -0.3 is 9.64 Å². The van der Waals surface area contributed by atoms with E-state index in [9.17, 15) is 9.59 Å². The second kappa shape index (κ2) is 5.49. The van der Waals surface area contributed by atoms with E-state index in [1.165, 1.54) is 19.3 Å². The van der Waals surface area contributed by atoms with Crippen LogP contribution in [0, 0.1) is 0 Å². The Kier molecular flexibility index (Phi) is 3.53. The van der Waals surface area contributed by atoms with Crippen molar-refractivity contribution in [1.29, 1.82) is 0 Å². The van der Waals surface area contributed by atoms with Gasteiger partial charge in [0.25, 0.3) is 5.56 Å². The maximum absolute atomic E-state index is 12.2. The van der Waals surface area contributed by atoms with E-state index in [1.807, 2.05) is 4.90 Å². The van der Waals surface area contributed by atoms with Crippen LogP contribution in [-0.2, 0) is 9.53 Å². The summed E-state index contributed by atoms with van der Waals surface area (Å²) in [4.78, 5) is 33.9. The minimum Gasteiger partial charge on any atom is -0.378 e. The summed E-state index contributed by atoms with van der Waals surface area (Å²) in [6.45, 7) is 4.09. The lowest BCUT2D eigenvalue weighted by Crippen LogP contribution is -2.37. The number of hydrogen-bond acceptors (Lipinski definition) is 6. The molecule has 0 unspecified atom stereocenters. The number of carbonyl (C=O) groups excluding carboxylic acids is 1. The molecule has 0 aromatic carbocycles. The first-order valence-electron chi connectivity index (χ1n) is 6.64. The number of morpholine rings is 1. The fraction of sp³-hybridized carbons (Fsp3) is 0.385. The number of anilines is 1. The molecule has 8 heteroatoms. The first kappa shape index (κ1) is 13.5. The molecule has 0 bridgehead atoms. The fourth-order valence-corrected chi connectivity index (χ4v) is 2.19. The third-order valence-corrected chi connectivity index (χ3v) is 3.21. The maximum atomic E-state index is 12.2. The molecule has 1 fully saturated rings. The van der Waals surface area contributed by atoms with Crippen molar-refractivity contribution in [2.75, 3.05) is 36.6 Å². The predicted octanol–water partition coefficient (Wildman–Crippen LogP) is -0.282. The Morgan fingerprint density at radius 2 is 2.14 bits per heavy atom. The summed E-state index contributed by atoms with van der Waals surface area (Å²) in [7, 11) is 0. The van der Waals surface area contributed by atoms with Gasteiger partial charge in [0, 0.05) is 32.4 Å². The van der Waals surface area contributed by atoms with Crippen molar-refractivity contribution in [2.45, 2.75) is 6.92 Å². The van der Waals surface area contributed by atoms with Crippen LogP contribution < -0.4 is 15.9 Å². The van der Waals surface area contributed by atoms with Gasteiger partial charge in [-0.2, -0.15) is 0 Å². The number of carbonyl (C=O) groups is 1. The molecule has 8 nitrogen and oxygen atoms in total. The Morgan fingerprint density at radius 3 is 2.86 bits per heavy atom. The Balaban J connectivity index is 1.99. The van der Waals surface area contributed by atoms with Crippen molar-refractivity contribution in [2.24, 2.45) is 0 Å². The Morgan fingerprint density at radius 1 is 1.38 bits per heavy atom. The van der Waals surface area contributed by atoms with Gasteiger partial charge in [0.05, 0.1) is 24.1 Å². The standard InChI is InChI=1S/C13H15N5O3/c1-9(19)16-18-3-2-11-10(12(18)20)8-14-13(15-11)17-4-6-21-7-5-17/h2-3,8H,4-7H2,1H3,(H,16,19). The molecule has 0 saturated carbocycles. The average Bonchev–Trinajstić information content (AvgIpc) is 2.50. The molecule has 0 spiro atoms. The summed E-state index contributed by atoms with van der Waals surface area (Å²) >= 11 is 0. The van der Waals surface area contributed by atoms with Gasteiger partial charge in [0.1, 0.15) is 0 Å². The van der Waals surface area contributed by atoms with E-state index >= 15 is 0 Å². The zero-order valence-corrected chi connectivity index (χ0v) is 11.6. The number of nitrogens with one attached hydrogen (secondary N) is 1. The molecule has 0 atom stereocenters. The number of nitrogens with zero attached hydrogens (tertiary/aromatic N) is 4. The molecular weight excluding hydrogens is 274 g/mol. The Hall–Kier alpha value is -2.48. The predicted molar refractivity (Wildman–Crippen MR) is 76.9 cm³/mol. The van der Waals surface area contributed by atoms with Crippen LogP contribution in [-0.4, -0.2) is 46.9 Å². The summed E-state index contributed by atoms with van der Waals surface area (Å²) in [5.41, 5.74) is 2.63. The molecule has 0 aliphatic carbocycles. The molecule has 1 aliphatic heterocycles. The van der Waals surface area contributed by atoms with E-state index in [4.69, 9.17) is 4.74 Å². The number of aromatic nitrogens is 3. The van der Waals surface area contributed by atoms with Crippen molar-refractivity contribution in [3.8, 4) is 0 Å². The normalized spacial score (nSPS) is 15.2. The topological polar surface area (TPSA) is 89.3 Å². The fourth-order valence-electron chi connectivity index (χ4n) is 2.19. The minimum absolute atomic E-state index is 0.317. The molecule has 1 amide bonds. The van der Waals surface area contributed by atoms with Gasteiger partial charge in [0.2, 0.25) is 11.9 Å². The van der Waals surface area contributed by atoms with E-state index in [2.05, 4.69) is 15.4 Å². The van der Waals surface area contributed by atoms with E-state index in [0.717, 1.165) is 17.8 Å². The molecule has 2 aromatic heterocycles. The first-order valence-corrected chi connectivity index (χ1v) is 6.64. The van der Waals surface area contributed by atoms with Gasteiger partial charge >= 0.3 is 0 Å². The third kappa shape index (κ3) is 2.70. The van der Waals surface area contributed by atoms with Crippen molar-refractivity contribution < 1.29 is 9.53 Å². The second-order valence-corrected chi connectivity index (χ2v) is 4.73. The summed E-state index contributed by atoms with van der Waals surface area (Å²) in [6, 6.07) is 1.68. The molecule has 1 N–H and O–H groups in total. The minimum atomic E-state index is -0.351. The molecule has 110 valence electrons. The second-order valence-electron chi connectivity index (χ2n) is 4.73. The number of ether oxygens (including phenoxy) is 1. The Labute approximate surface area is 120 Å². The zero-order chi connectivity index (χ0) is 14.8. The van der Waals surface area contributed by atoms with E-state index in [-0.39, 0.29) is 11.5 Å². The molecule has 21 heavy (non-hydrogen) atoms. The zero-order valence-electron chi connectivity index (χ0n) is 11.6. The van der Waals surface area contributed by atoms with E-state index in [0.29, 0.717) is 30.1 Å². The molecule has 1 aliphatic rings. The van der Waals surface area contributed by atoms with Crippen molar-refractivity contribution in [3.63, 3.8) is 0 Å². The summed E-state index contributed by atoms with van der Waals surface area (Å²) in [5, 5.41) is 0.364. The third-order valence-electron chi connectivity index (χ3n) is 3.21. The number of fused-ring (bicyclic) bond motifs is 1. The van der Waals surface area contributed by atoms with Crippen molar-refractivity contribution >= 4 is 22.8 Å². The lowest BCUT2D eigenvalue weighted by molar-refractivity contribution is -0.115. The van der Waals surface area contributed by atoms with E-state index in [1.54, 1.807) is 6.07 Å². The number of amides is 1. The lowest BCUT2D eigenvalue weighted by Gasteiger charge is -2.26. The number of pyridine rings is 1. The van der Waals surface area contributed by atoms with Gasteiger partial charge in [-0.3, -0.25) is 15.0 Å². The van der Waals surface area contributed by atoms with Gasteiger partial charge in [-0.25, -0.2) is 14.6 Å². The van der Waals surface area contributed by atoms with Gasteiger partial charge in [0.15, 0.2) is 0 Å². The van der Waals surface area contributed by atoms with Gasteiger partial charge in [-0.1, -0.05) is 0 Å². The molecule has 0 radical (unpaired) electrons. The molecular formula is C13H15N5O3. The SMILES string of the molecule is CC(=O)Nn1ccc2nc(N3CCOCC3)ncc2c1=O. The van der Waals surface area contributed by atoms with Crippen LogP contribution in [0.3, 0.4) is 0 Å². The van der Waals surface area contributed by atoms with Crippen LogP contribution in [0.1, 0.15) is 6.92 Å². The van der Waals surface area contributed by atoms with Crippen LogP contribution in [0.15, 0.2) is 23.3 Å².